The van der Waals surface area contributed by atoms with E-state index in [0.717, 1.165) is 40.5 Å². The summed E-state index contributed by atoms with van der Waals surface area (Å²) < 4.78 is 3.00. The fourth-order valence-electron chi connectivity index (χ4n) is 2.98. The highest BCUT2D eigenvalue weighted by Gasteiger charge is 2.29. The number of fused-ring (bicyclic) bond motifs is 1. The molecule has 0 atom stereocenters. The Hall–Kier alpha value is -0.840. The first-order valence-corrected chi connectivity index (χ1v) is 7.82. The molecular weight excluding hydrogens is 290 g/mol. The van der Waals surface area contributed by atoms with Crippen molar-refractivity contribution in [2.75, 3.05) is 20.1 Å². The van der Waals surface area contributed by atoms with E-state index >= 15 is 0 Å². The second-order valence-electron chi connectivity index (χ2n) is 6.29. The van der Waals surface area contributed by atoms with Crippen LogP contribution in [0.5, 0.6) is 0 Å². The molecule has 1 aromatic carbocycles. The molecule has 3 nitrogen and oxygen atoms in total. The van der Waals surface area contributed by atoms with E-state index in [9.17, 15) is 0 Å². The van der Waals surface area contributed by atoms with Gasteiger partial charge in [0.1, 0.15) is 0 Å². The van der Waals surface area contributed by atoms with Crippen LogP contribution in [0.25, 0.3) is 11.0 Å². The number of nitrogens with zero attached hydrogens (tertiary/aromatic N) is 2. The van der Waals surface area contributed by atoms with Crippen LogP contribution in [0.2, 0.25) is 5.02 Å². The molecule has 5 heteroatoms. The Balaban J connectivity index is 1.96. The van der Waals surface area contributed by atoms with Gasteiger partial charge in [0.05, 0.1) is 11.0 Å². The van der Waals surface area contributed by atoms with E-state index in [1.165, 1.54) is 12.8 Å². The van der Waals surface area contributed by atoms with Crippen molar-refractivity contribution in [2.24, 2.45) is 5.41 Å². The van der Waals surface area contributed by atoms with Gasteiger partial charge in [-0.15, -0.1) is 0 Å². The highest BCUT2D eigenvalue weighted by atomic mass is 35.5. The molecule has 3 rings (SSSR count). The van der Waals surface area contributed by atoms with Crippen molar-refractivity contribution < 1.29 is 0 Å². The third-order valence-electron chi connectivity index (χ3n) is 4.47. The first-order valence-electron chi connectivity index (χ1n) is 7.03. The summed E-state index contributed by atoms with van der Waals surface area (Å²) in [7, 11) is 2.19. The van der Waals surface area contributed by atoms with Crippen molar-refractivity contribution in [2.45, 2.75) is 26.3 Å². The van der Waals surface area contributed by atoms with E-state index in [-0.39, 0.29) is 0 Å². The largest absolute Gasteiger partial charge is 0.331 e. The number of halogens is 1. The highest BCUT2D eigenvalue weighted by molar-refractivity contribution is 7.71. The van der Waals surface area contributed by atoms with Crippen molar-refractivity contribution in [1.29, 1.82) is 0 Å². The standard InChI is InChI=1S/C15H20ClN3S/c1-15(5-7-18(2)8-6-15)10-19-13-9-11(16)3-4-12(13)17-14(19)20/h3-4,9H,5-8,10H2,1-2H3,(H,17,20). The van der Waals surface area contributed by atoms with E-state index < -0.39 is 0 Å². The molecule has 2 aromatic rings. The lowest BCUT2D eigenvalue weighted by atomic mass is 9.80. The number of aromatic nitrogens is 2. The number of benzene rings is 1. The summed E-state index contributed by atoms with van der Waals surface area (Å²) in [6, 6.07) is 5.90. The number of aromatic amines is 1. The van der Waals surface area contributed by atoms with Crippen molar-refractivity contribution in [3.8, 4) is 0 Å². The number of likely N-dealkylation sites (tertiary alicyclic amines) is 1. The van der Waals surface area contributed by atoms with Crippen LogP contribution in [0, 0.1) is 10.2 Å². The normalized spacial score (nSPS) is 19.6. The molecule has 0 radical (unpaired) electrons. The summed E-state index contributed by atoms with van der Waals surface area (Å²) in [6.07, 6.45) is 2.41. The van der Waals surface area contributed by atoms with Gasteiger partial charge in [-0.1, -0.05) is 18.5 Å². The van der Waals surface area contributed by atoms with Crippen molar-refractivity contribution in [3.63, 3.8) is 0 Å². The zero-order valence-corrected chi connectivity index (χ0v) is 13.5. The molecule has 0 bridgehead atoms. The molecule has 1 aromatic heterocycles. The summed E-state index contributed by atoms with van der Waals surface area (Å²) in [6.45, 7) is 5.64. The van der Waals surface area contributed by atoms with Crippen LogP contribution in [0.15, 0.2) is 18.2 Å². The van der Waals surface area contributed by atoms with Gasteiger partial charge in [-0.2, -0.15) is 0 Å². The summed E-state index contributed by atoms with van der Waals surface area (Å²) in [4.78, 5) is 5.67. The zero-order valence-electron chi connectivity index (χ0n) is 11.9. The number of rotatable bonds is 2. The van der Waals surface area contributed by atoms with Crippen LogP contribution in [0.4, 0.5) is 0 Å². The van der Waals surface area contributed by atoms with Crippen LogP contribution in [0.1, 0.15) is 19.8 Å². The summed E-state index contributed by atoms with van der Waals surface area (Å²) in [5.41, 5.74) is 2.49. The number of piperidine rings is 1. The van der Waals surface area contributed by atoms with Gasteiger partial charge in [0, 0.05) is 11.6 Å². The molecule has 0 saturated carbocycles. The quantitative estimate of drug-likeness (QED) is 0.845. The molecule has 20 heavy (non-hydrogen) atoms. The SMILES string of the molecule is CN1CCC(C)(Cn2c(=S)[nH]c3ccc(Cl)cc32)CC1. The van der Waals surface area contributed by atoms with Crippen LogP contribution >= 0.6 is 23.8 Å². The van der Waals surface area contributed by atoms with Gasteiger partial charge in [0.15, 0.2) is 4.77 Å². The summed E-state index contributed by atoms with van der Waals surface area (Å²) >= 11 is 11.6. The molecule has 0 spiro atoms. The van der Waals surface area contributed by atoms with Gasteiger partial charge in [-0.05, 0) is 68.8 Å². The number of imidazole rings is 1. The minimum absolute atomic E-state index is 0.308. The van der Waals surface area contributed by atoms with Gasteiger partial charge in [-0.25, -0.2) is 0 Å². The predicted molar refractivity (Wildman–Crippen MR) is 87.0 cm³/mol. The van der Waals surface area contributed by atoms with Crippen molar-refractivity contribution >= 4 is 34.9 Å². The Morgan fingerprint density at radius 2 is 2.05 bits per heavy atom. The number of nitrogens with one attached hydrogen (secondary N) is 1. The van der Waals surface area contributed by atoms with Crippen LogP contribution in [-0.4, -0.2) is 34.6 Å². The fourth-order valence-corrected chi connectivity index (χ4v) is 3.42. The van der Waals surface area contributed by atoms with Gasteiger partial charge in [0.2, 0.25) is 0 Å². The lowest BCUT2D eigenvalue weighted by Gasteiger charge is -2.38. The highest BCUT2D eigenvalue weighted by Crippen LogP contribution is 2.33. The molecule has 0 amide bonds. The minimum atomic E-state index is 0.308. The topological polar surface area (TPSA) is 24.0 Å². The van der Waals surface area contributed by atoms with Gasteiger partial charge < -0.3 is 14.5 Å². The van der Waals surface area contributed by atoms with Crippen LogP contribution in [-0.2, 0) is 6.54 Å². The van der Waals surface area contributed by atoms with Gasteiger partial charge in [-0.3, -0.25) is 0 Å². The molecule has 0 aliphatic carbocycles. The second kappa shape index (κ2) is 5.17. The lowest BCUT2D eigenvalue weighted by Crippen LogP contribution is -2.38. The average Bonchev–Trinajstić information content (AvgIpc) is 2.70. The third-order valence-corrected chi connectivity index (χ3v) is 5.03. The van der Waals surface area contributed by atoms with E-state index in [1.54, 1.807) is 0 Å². The zero-order chi connectivity index (χ0) is 14.3. The van der Waals surface area contributed by atoms with Crippen LogP contribution in [0.3, 0.4) is 0 Å². The molecule has 1 fully saturated rings. The van der Waals surface area contributed by atoms with Crippen LogP contribution < -0.4 is 0 Å². The van der Waals surface area contributed by atoms with Gasteiger partial charge in [0.25, 0.3) is 0 Å². The van der Waals surface area contributed by atoms with Gasteiger partial charge >= 0.3 is 0 Å². The Labute approximate surface area is 129 Å². The summed E-state index contributed by atoms with van der Waals surface area (Å²) in [5, 5.41) is 0.758. The first kappa shape index (κ1) is 14.1. The molecule has 108 valence electrons. The maximum absolute atomic E-state index is 6.13. The molecule has 1 saturated heterocycles. The van der Waals surface area contributed by atoms with E-state index in [0.29, 0.717) is 5.41 Å². The third kappa shape index (κ3) is 2.65. The minimum Gasteiger partial charge on any atom is -0.331 e. The molecule has 1 aliphatic rings. The molecule has 1 aliphatic heterocycles. The lowest BCUT2D eigenvalue weighted by molar-refractivity contribution is 0.121. The van der Waals surface area contributed by atoms with E-state index in [4.69, 9.17) is 23.8 Å². The molecule has 2 heterocycles. The molecule has 0 unspecified atom stereocenters. The van der Waals surface area contributed by atoms with Crippen molar-refractivity contribution in [3.05, 3.63) is 28.0 Å². The average molecular weight is 310 g/mol. The van der Waals surface area contributed by atoms with E-state index in [2.05, 4.69) is 28.4 Å². The molecule has 1 N–H and O–H groups in total. The Morgan fingerprint density at radius 1 is 1.35 bits per heavy atom. The Kier molecular flexibility index (Phi) is 3.65. The number of H-pyrrole nitrogens is 1. The first-order chi connectivity index (χ1) is 9.47. The maximum atomic E-state index is 6.13. The number of hydrogen-bond acceptors (Lipinski definition) is 2. The fraction of sp³-hybridized carbons (Fsp3) is 0.533. The Bertz CT molecular complexity index is 680. The maximum Gasteiger partial charge on any atom is 0.178 e. The monoisotopic (exact) mass is 309 g/mol. The smallest absolute Gasteiger partial charge is 0.178 e. The molecular formula is C15H20ClN3S. The predicted octanol–water partition coefficient (Wildman–Crippen LogP) is 4.08. The Morgan fingerprint density at radius 3 is 2.75 bits per heavy atom. The summed E-state index contributed by atoms with van der Waals surface area (Å²) in [5.74, 6) is 0. The second-order valence-corrected chi connectivity index (χ2v) is 7.11. The van der Waals surface area contributed by atoms with E-state index in [1.807, 2.05) is 18.2 Å². The number of hydrogen-bond donors (Lipinski definition) is 1. The van der Waals surface area contributed by atoms with Crippen molar-refractivity contribution in [1.82, 2.24) is 14.5 Å².